The van der Waals surface area contributed by atoms with Gasteiger partial charge in [0.1, 0.15) is 12.3 Å². The molecule has 6 unspecified atom stereocenters. The molecular formula is C50H68N12O5. The zero-order chi connectivity index (χ0) is 45.9. The summed E-state index contributed by atoms with van der Waals surface area (Å²) in [5, 5.41) is 38.3. The van der Waals surface area contributed by atoms with E-state index in [4.69, 9.17) is 0 Å². The summed E-state index contributed by atoms with van der Waals surface area (Å²) in [6.45, 7) is 9.26. The average Bonchev–Trinajstić information content (AvgIpc) is 3.61. The smallest absolute Gasteiger partial charge is 0.275 e. The molecule has 17 heteroatoms. The van der Waals surface area contributed by atoms with Gasteiger partial charge in [-0.05, 0) is 132 Å². The lowest BCUT2D eigenvalue weighted by Crippen LogP contribution is -2.69. The number of anilines is 3. The molecule has 2 bridgehead atoms. The van der Waals surface area contributed by atoms with Gasteiger partial charge >= 0.3 is 0 Å². The molecule has 8 aliphatic rings. The number of hydrazine groups is 1. The van der Waals surface area contributed by atoms with Gasteiger partial charge in [0.05, 0.1) is 42.0 Å². The first-order valence-corrected chi connectivity index (χ1v) is 25.2. The highest BCUT2D eigenvalue weighted by molar-refractivity contribution is 5.99. The third-order valence-corrected chi connectivity index (χ3v) is 17.0. The maximum Gasteiger partial charge on any atom is 0.275 e. The van der Waals surface area contributed by atoms with Crippen molar-refractivity contribution in [2.24, 2.45) is 11.3 Å². The molecule has 1 aromatic heterocycles. The number of amides is 3. The number of piperidine rings is 3. The van der Waals surface area contributed by atoms with Crippen molar-refractivity contribution < 1.29 is 19.5 Å². The summed E-state index contributed by atoms with van der Waals surface area (Å²) < 4.78 is 1.23. The van der Waals surface area contributed by atoms with E-state index in [0.29, 0.717) is 36.4 Å². The number of hydrogen-bond donors (Lipinski definition) is 6. The molecule has 1 aliphatic carbocycles. The van der Waals surface area contributed by atoms with Gasteiger partial charge in [0.2, 0.25) is 11.8 Å². The summed E-state index contributed by atoms with van der Waals surface area (Å²) in [6.07, 6.45) is 17.7. The zero-order valence-electron chi connectivity index (χ0n) is 38.9. The second-order valence-electron chi connectivity index (χ2n) is 21.0. The largest absolute Gasteiger partial charge is 0.389 e. The molecule has 2 aromatic carbocycles. The number of fused-ring (bicyclic) bond motifs is 7. The Morgan fingerprint density at radius 1 is 0.806 bits per heavy atom. The van der Waals surface area contributed by atoms with Gasteiger partial charge in [0, 0.05) is 86.8 Å². The summed E-state index contributed by atoms with van der Waals surface area (Å²) in [6, 6.07) is 14.6. The molecule has 17 nitrogen and oxygen atoms in total. The van der Waals surface area contributed by atoms with Gasteiger partial charge in [-0.1, -0.05) is 12.2 Å². The van der Waals surface area contributed by atoms with Gasteiger partial charge in [0.15, 0.2) is 0 Å². The molecule has 3 amide bonds. The molecule has 67 heavy (non-hydrogen) atoms. The normalized spacial score (nSPS) is 32.7. The van der Waals surface area contributed by atoms with E-state index >= 15 is 0 Å². The van der Waals surface area contributed by atoms with Gasteiger partial charge < -0.3 is 20.2 Å². The van der Waals surface area contributed by atoms with Gasteiger partial charge in [-0.2, -0.15) is 10.1 Å². The van der Waals surface area contributed by atoms with Crippen molar-refractivity contribution in [2.75, 3.05) is 67.5 Å². The fraction of sp³-hybridized carbons (Fsp3) is 0.620. The Morgan fingerprint density at radius 2 is 1.57 bits per heavy atom. The van der Waals surface area contributed by atoms with E-state index in [2.05, 4.69) is 93.9 Å². The first-order chi connectivity index (χ1) is 32.5. The Hall–Kier alpha value is -4.91. The van der Waals surface area contributed by atoms with Crippen LogP contribution >= 0.6 is 0 Å². The van der Waals surface area contributed by atoms with Gasteiger partial charge in [-0.15, -0.1) is 0 Å². The Morgan fingerprint density at radius 3 is 2.34 bits per heavy atom. The Kier molecular flexibility index (Phi) is 12.1. The van der Waals surface area contributed by atoms with Crippen molar-refractivity contribution in [1.82, 2.24) is 46.0 Å². The van der Waals surface area contributed by atoms with Crippen LogP contribution in [0.1, 0.15) is 96.4 Å². The number of allylic oxidation sites excluding steroid dienone is 1. The van der Waals surface area contributed by atoms with Crippen LogP contribution in [0, 0.1) is 11.3 Å². The third-order valence-electron chi connectivity index (χ3n) is 17.0. The monoisotopic (exact) mass is 917 g/mol. The van der Waals surface area contributed by atoms with E-state index in [9.17, 15) is 24.3 Å². The molecule has 8 heterocycles. The van der Waals surface area contributed by atoms with Gasteiger partial charge in [-0.3, -0.25) is 50.4 Å². The minimum absolute atomic E-state index is 0.0181. The number of nitrogens with one attached hydrogen (secondary N) is 5. The molecule has 7 fully saturated rings. The van der Waals surface area contributed by atoms with E-state index < -0.39 is 17.6 Å². The molecule has 1 spiro atoms. The van der Waals surface area contributed by atoms with Gasteiger partial charge in [-0.25, -0.2) is 4.68 Å². The predicted octanol–water partition coefficient (Wildman–Crippen LogP) is 3.18. The second kappa shape index (κ2) is 18.2. The van der Waals surface area contributed by atoms with E-state index in [1.165, 1.54) is 48.9 Å². The number of hydrogen-bond acceptors (Lipinski definition) is 14. The number of carbonyl (C=O) groups is 3. The van der Waals surface area contributed by atoms with Crippen LogP contribution in [0.15, 0.2) is 65.6 Å². The highest BCUT2D eigenvalue weighted by atomic mass is 16.3. The molecule has 6 saturated heterocycles. The Labute approximate surface area is 392 Å². The molecule has 3 aromatic rings. The van der Waals surface area contributed by atoms with Crippen LogP contribution in [0.25, 0.3) is 10.8 Å². The topological polar surface area (TPSA) is 183 Å². The summed E-state index contributed by atoms with van der Waals surface area (Å²) in [7, 11) is 0. The maximum atomic E-state index is 13.8. The zero-order valence-corrected chi connectivity index (χ0v) is 38.9. The van der Waals surface area contributed by atoms with E-state index in [1.54, 1.807) is 6.20 Å². The van der Waals surface area contributed by atoms with Crippen LogP contribution in [0.2, 0.25) is 0 Å². The van der Waals surface area contributed by atoms with Crippen molar-refractivity contribution in [2.45, 2.75) is 133 Å². The van der Waals surface area contributed by atoms with Crippen molar-refractivity contribution in [1.29, 1.82) is 0 Å². The Bertz CT molecular complexity index is 2420. The first kappa shape index (κ1) is 44.6. The van der Waals surface area contributed by atoms with Crippen molar-refractivity contribution in [3.05, 3.63) is 71.2 Å². The minimum atomic E-state index is -0.807. The van der Waals surface area contributed by atoms with Crippen molar-refractivity contribution in [3.63, 3.8) is 0 Å². The fourth-order valence-electron chi connectivity index (χ4n) is 12.8. The molecule has 6 N–H and O–H groups in total. The molecular weight excluding hydrogens is 849 g/mol. The molecule has 0 radical (unpaired) electrons. The molecule has 7 atom stereocenters. The number of aliphatic hydroxyl groups is 1. The molecule has 1 saturated carbocycles. The minimum Gasteiger partial charge on any atom is -0.389 e. The highest BCUT2D eigenvalue weighted by Crippen LogP contribution is 2.46. The van der Waals surface area contributed by atoms with Crippen LogP contribution in [0.5, 0.6) is 0 Å². The summed E-state index contributed by atoms with van der Waals surface area (Å²) >= 11 is 0. The lowest BCUT2D eigenvalue weighted by Gasteiger charge is -2.49. The summed E-state index contributed by atoms with van der Waals surface area (Å²) in [5.41, 5.74) is 2.67. The maximum absolute atomic E-state index is 13.8. The highest BCUT2D eigenvalue weighted by Gasteiger charge is 2.53. The third kappa shape index (κ3) is 8.75. The lowest BCUT2D eigenvalue weighted by molar-refractivity contribution is -0.146. The van der Waals surface area contributed by atoms with E-state index in [0.717, 1.165) is 81.7 Å². The number of aromatic nitrogens is 2. The number of rotatable bonds is 6. The standard InChI is InChI=1S/C50H68N12O5/c1-49(67)18-3-2-4-23-60-46(65)39-32-51-48(56-44(39)62(60)42-7-5-6-41(49)54-42)53-34-8-10-35(11-9-34)58-26-28-59(29-27-58)36-16-19-50(20-17-36)21-24-57(25-22-50)37-12-13-38-33(30-37)31-52-61(47(38)66)40-14-15-43(63)55-45(40)64/h2,4,8-13,30-31,36,39-42,44,48,51,53-54,56,67H,3,5-7,14-29,32H2,1H3,(H,55,63,64)/b4-2-/t39?,40?,41?,42?,44?,48?,49-/m1/s1. The molecule has 7 aliphatic heterocycles. The van der Waals surface area contributed by atoms with Crippen LogP contribution in [-0.4, -0.2) is 136 Å². The van der Waals surface area contributed by atoms with E-state index in [-0.39, 0.29) is 60.8 Å². The summed E-state index contributed by atoms with van der Waals surface area (Å²) in [4.78, 5) is 58.9. The SMILES string of the molecule is C[C@@]1(O)CC/C=C\CN2C(=O)C3CNC(Nc4ccc(N5CCN(C6CCC7(CC6)CCN(c6ccc8c(=O)n(C9CCC(=O)NC9=O)ncc8c6)CC7)CC5)cc4)NC3N2C2CCCC1N2. The quantitative estimate of drug-likeness (QED) is 0.157. The van der Waals surface area contributed by atoms with Gasteiger partial charge in [0.25, 0.3) is 11.5 Å². The van der Waals surface area contributed by atoms with Crippen LogP contribution in [0.4, 0.5) is 17.1 Å². The van der Waals surface area contributed by atoms with E-state index in [1.807, 2.05) is 24.1 Å². The predicted molar refractivity (Wildman–Crippen MR) is 257 cm³/mol. The fourth-order valence-corrected chi connectivity index (χ4v) is 12.8. The number of imide groups is 1. The first-order valence-electron chi connectivity index (χ1n) is 25.2. The number of benzene rings is 2. The average molecular weight is 917 g/mol. The second-order valence-corrected chi connectivity index (χ2v) is 21.0. The van der Waals surface area contributed by atoms with Crippen LogP contribution < -0.4 is 41.9 Å². The number of nitrogens with zero attached hydrogens (tertiary/aromatic N) is 7. The number of piperazine rings is 1. The molecule has 358 valence electrons. The van der Waals surface area contributed by atoms with Crippen LogP contribution in [0.3, 0.4) is 0 Å². The number of carbonyl (C=O) groups excluding carboxylic acids is 3. The Balaban J connectivity index is 0.645. The summed E-state index contributed by atoms with van der Waals surface area (Å²) in [5.74, 6) is -0.841. The lowest BCUT2D eigenvalue weighted by atomic mass is 9.66. The van der Waals surface area contributed by atoms with Crippen molar-refractivity contribution in [3.8, 4) is 0 Å². The van der Waals surface area contributed by atoms with Crippen LogP contribution in [-0.2, 0) is 14.4 Å². The molecule has 11 rings (SSSR count). The van der Waals surface area contributed by atoms with Crippen molar-refractivity contribution >= 4 is 45.6 Å².